The number of imide groups is 1. The summed E-state index contributed by atoms with van der Waals surface area (Å²) in [5.74, 6) is -1.77. The number of likely N-dealkylation sites (N-methyl/N-ethyl adjacent to an activating group) is 1. The molecule has 16 heteroatoms. The van der Waals surface area contributed by atoms with Gasteiger partial charge in [0, 0.05) is 46.4 Å². The average molecular weight is 884 g/mol. The van der Waals surface area contributed by atoms with E-state index in [1.165, 1.54) is 17.7 Å². The lowest BCUT2D eigenvalue weighted by atomic mass is 9.82. The third kappa shape index (κ3) is 14.6. The van der Waals surface area contributed by atoms with E-state index in [9.17, 15) is 28.8 Å². The molecule has 352 valence electrons. The molecule has 1 aromatic rings. The van der Waals surface area contributed by atoms with Crippen molar-refractivity contribution in [3.05, 3.63) is 48.0 Å². The molecule has 0 radical (unpaired) electrons. The summed E-state index contributed by atoms with van der Waals surface area (Å²) < 4.78 is 28.5. The van der Waals surface area contributed by atoms with Gasteiger partial charge in [0.1, 0.15) is 5.54 Å². The predicted octanol–water partition coefficient (Wildman–Crippen LogP) is 3.40. The van der Waals surface area contributed by atoms with Crippen LogP contribution in [0.1, 0.15) is 91.5 Å². The highest BCUT2D eigenvalue weighted by atomic mass is 16.5. The maximum absolute atomic E-state index is 14.2. The first-order valence-corrected chi connectivity index (χ1v) is 22.6. The van der Waals surface area contributed by atoms with E-state index < -0.39 is 29.5 Å². The minimum atomic E-state index is -1.31. The molecule has 2 heterocycles. The summed E-state index contributed by atoms with van der Waals surface area (Å²) >= 11 is 0. The molecule has 0 bridgehead atoms. The van der Waals surface area contributed by atoms with Gasteiger partial charge in [-0.25, -0.2) is 0 Å². The standard InChI is InChI=1S/C47H73N5O11/c1-9-33(2)43(37(59-7)30-41(56)51-22-13-16-36(51)44(60-8)34(3)31-47(20-21-47)35-14-11-10-12-15-35)50(6)42(57)32-48-45(58)46(4,5)49-38(53)19-24-61-26-28-63-29-27-62-25-23-52-39(54)17-18-40(52)55/h10-12,14-15,17-18,33-34,36-37,43-44H,9,13,16,19-32H2,1-8H3,(H,48,58)(H,49,53). The molecule has 63 heavy (non-hydrogen) atoms. The normalized spacial score (nSPS) is 19.4. The molecule has 1 aromatic carbocycles. The Morgan fingerprint density at radius 3 is 2.10 bits per heavy atom. The number of ether oxygens (including phenoxy) is 5. The quantitative estimate of drug-likeness (QED) is 0.0889. The molecule has 2 fully saturated rings. The molecule has 6 unspecified atom stereocenters. The highest BCUT2D eigenvalue weighted by Crippen LogP contribution is 2.53. The fourth-order valence-corrected chi connectivity index (χ4v) is 9.02. The molecule has 3 aliphatic rings. The van der Waals surface area contributed by atoms with Crippen LogP contribution in [0, 0.1) is 11.8 Å². The van der Waals surface area contributed by atoms with E-state index in [1.807, 2.05) is 18.7 Å². The molecule has 6 amide bonds. The van der Waals surface area contributed by atoms with Crippen LogP contribution in [0.25, 0.3) is 0 Å². The molecule has 16 nitrogen and oxygen atoms in total. The van der Waals surface area contributed by atoms with Crippen LogP contribution < -0.4 is 10.6 Å². The molecule has 1 saturated heterocycles. The number of hydrogen-bond acceptors (Lipinski definition) is 11. The molecule has 1 saturated carbocycles. The molecule has 4 rings (SSSR count). The van der Waals surface area contributed by atoms with E-state index in [2.05, 4.69) is 47.9 Å². The molecule has 2 aliphatic heterocycles. The number of carbonyl (C=O) groups excluding carboxylic acids is 6. The van der Waals surface area contributed by atoms with Crippen molar-refractivity contribution < 1.29 is 52.5 Å². The first kappa shape index (κ1) is 51.4. The van der Waals surface area contributed by atoms with E-state index in [4.69, 9.17) is 23.7 Å². The number of nitrogens with zero attached hydrogens (tertiary/aromatic N) is 3. The van der Waals surface area contributed by atoms with E-state index in [0.717, 1.165) is 43.4 Å². The van der Waals surface area contributed by atoms with Gasteiger partial charge in [-0.15, -0.1) is 0 Å². The van der Waals surface area contributed by atoms with Gasteiger partial charge in [0.2, 0.25) is 23.6 Å². The second-order valence-corrected chi connectivity index (χ2v) is 17.8. The minimum absolute atomic E-state index is 0.0102. The van der Waals surface area contributed by atoms with Crippen LogP contribution in [-0.2, 0) is 57.9 Å². The summed E-state index contributed by atoms with van der Waals surface area (Å²) in [5.41, 5.74) is 0.236. The summed E-state index contributed by atoms with van der Waals surface area (Å²) in [6.45, 7) is 11.4. The fraction of sp³-hybridized carbons (Fsp3) is 0.702. The van der Waals surface area contributed by atoms with Gasteiger partial charge in [0.25, 0.3) is 11.8 Å². The van der Waals surface area contributed by atoms with Gasteiger partial charge in [0.05, 0.1) is 83.4 Å². The minimum Gasteiger partial charge on any atom is -0.379 e. The van der Waals surface area contributed by atoms with Crippen molar-refractivity contribution in [1.29, 1.82) is 0 Å². The zero-order valence-corrected chi connectivity index (χ0v) is 38.9. The van der Waals surface area contributed by atoms with E-state index in [1.54, 1.807) is 40.0 Å². The number of carbonyl (C=O) groups is 6. The van der Waals surface area contributed by atoms with Crippen LogP contribution in [0.5, 0.6) is 0 Å². The summed E-state index contributed by atoms with van der Waals surface area (Å²) in [6.07, 6.45) is 7.69. The Hall–Kier alpha value is -4.22. The average Bonchev–Trinajstić information content (AvgIpc) is 3.76. The van der Waals surface area contributed by atoms with Crippen LogP contribution in [-0.4, -0.2) is 161 Å². The summed E-state index contributed by atoms with van der Waals surface area (Å²) in [4.78, 5) is 81.5. The smallest absolute Gasteiger partial charge is 0.253 e. The van der Waals surface area contributed by atoms with Gasteiger partial charge in [-0.1, -0.05) is 57.5 Å². The SMILES string of the molecule is CCC(C)C(C(CC(=O)N1CCCC1C(OC)C(C)CC1(c2ccccc2)CC1)OC)N(C)C(=O)CNC(=O)C(C)(C)NC(=O)CCOCCOCCOCCN1C(=O)C=CC1=O. The Bertz CT molecular complexity index is 1680. The number of benzene rings is 1. The molecule has 0 aromatic heterocycles. The number of amides is 6. The topological polar surface area (TPSA) is 182 Å². The zero-order valence-electron chi connectivity index (χ0n) is 38.9. The Morgan fingerprint density at radius 2 is 1.51 bits per heavy atom. The van der Waals surface area contributed by atoms with Crippen LogP contribution in [0.4, 0.5) is 0 Å². The Morgan fingerprint density at radius 1 is 0.889 bits per heavy atom. The molecule has 1 aliphatic carbocycles. The van der Waals surface area contributed by atoms with Crippen LogP contribution in [0.3, 0.4) is 0 Å². The van der Waals surface area contributed by atoms with E-state index in [-0.39, 0.29) is 112 Å². The highest BCUT2D eigenvalue weighted by Gasteiger charge is 2.48. The van der Waals surface area contributed by atoms with Crippen LogP contribution >= 0.6 is 0 Å². The second-order valence-electron chi connectivity index (χ2n) is 17.8. The van der Waals surface area contributed by atoms with Gasteiger partial charge in [0.15, 0.2) is 0 Å². The first-order chi connectivity index (χ1) is 30.1. The number of likely N-dealkylation sites (tertiary alicyclic amines) is 1. The molecular formula is C47H73N5O11. The first-order valence-electron chi connectivity index (χ1n) is 22.6. The van der Waals surface area contributed by atoms with Crippen molar-refractivity contribution in [2.24, 2.45) is 11.8 Å². The predicted molar refractivity (Wildman–Crippen MR) is 236 cm³/mol. The Labute approximate surface area is 374 Å². The second kappa shape index (κ2) is 24.7. The number of nitrogens with one attached hydrogen (secondary N) is 2. The lowest BCUT2D eigenvalue weighted by Crippen LogP contribution is -2.57. The van der Waals surface area contributed by atoms with Gasteiger partial charge in [-0.2, -0.15) is 0 Å². The molecular weight excluding hydrogens is 811 g/mol. The highest BCUT2D eigenvalue weighted by molar-refractivity contribution is 6.12. The van der Waals surface area contributed by atoms with E-state index >= 15 is 0 Å². The molecule has 0 spiro atoms. The van der Waals surface area contributed by atoms with E-state index in [0.29, 0.717) is 13.2 Å². The maximum Gasteiger partial charge on any atom is 0.253 e. The third-order valence-electron chi connectivity index (χ3n) is 12.9. The third-order valence-corrected chi connectivity index (χ3v) is 12.9. The largest absolute Gasteiger partial charge is 0.379 e. The van der Waals surface area contributed by atoms with Gasteiger partial charge in [-0.3, -0.25) is 33.7 Å². The maximum atomic E-state index is 14.2. The van der Waals surface area contributed by atoms with Gasteiger partial charge >= 0.3 is 0 Å². The van der Waals surface area contributed by atoms with Crippen molar-refractivity contribution in [3.63, 3.8) is 0 Å². The van der Waals surface area contributed by atoms with Crippen molar-refractivity contribution >= 4 is 35.4 Å². The number of methoxy groups -OCH3 is 2. The van der Waals surface area contributed by atoms with Gasteiger partial charge < -0.3 is 44.1 Å². The lowest BCUT2D eigenvalue weighted by Gasteiger charge is -2.39. The molecule has 6 atom stereocenters. The Kier molecular flexibility index (Phi) is 20.2. The fourth-order valence-electron chi connectivity index (χ4n) is 9.02. The molecule has 2 N–H and O–H groups in total. The summed E-state index contributed by atoms with van der Waals surface area (Å²) in [6, 6.07) is 10.2. The van der Waals surface area contributed by atoms with Crippen LogP contribution in [0.2, 0.25) is 0 Å². The zero-order chi connectivity index (χ0) is 46.2. The van der Waals surface area contributed by atoms with Crippen molar-refractivity contribution in [2.75, 3.05) is 80.5 Å². The van der Waals surface area contributed by atoms with Crippen molar-refractivity contribution in [2.45, 2.75) is 121 Å². The Balaban J connectivity index is 1.18. The van der Waals surface area contributed by atoms with Crippen LogP contribution in [0.15, 0.2) is 42.5 Å². The number of hydrogen-bond donors (Lipinski definition) is 2. The number of rotatable bonds is 29. The van der Waals surface area contributed by atoms with Crippen molar-refractivity contribution in [3.8, 4) is 0 Å². The monoisotopic (exact) mass is 884 g/mol. The summed E-state index contributed by atoms with van der Waals surface area (Å²) in [7, 11) is 5.00. The lowest BCUT2D eigenvalue weighted by molar-refractivity contribution is -0.144. The van der Waals surface area contributed by atoms with Crippen molar-refractivity contribution in [1.82, 2.24) is 25.3 Å². The van der Waals surface area contributed by atoms with Gasteiger partial charge in [-0.05, 0) is 68.8 Å². The summed E-state index contributed by atoms with van der Waals surface area (Å²) in [5, 5.41) is 5.40.